The summed E-state index contributed by atoms with van der Waals surface area (Å²) in [5.74, 6) is 0. The second kappa shape index (κ2) is 3.15. The highest BCUT2D eigenvalue weighted by Gasteiger charge is 2.00. The van der Waals surface area contributed by atoms with E-state index in [1.54, 1.807) is 6.20 Å². The molecule has 0 aliphatic heterocycles. The summed E-state index contributed by atoms with van der Waals surface area (Å²) in [6, 6.07) is 6.08. The highest BCUT2D eigenvalue weighted by molar-refractivity contribution is 9.11. The number of hydrogen-bond donors (Lipinski definition) is 0. The van der Waals surface area contributed by atoms with Gasteiger partial charge in [0.05, 0.1) is 0 Å². The van der Waals surface area contributed by atoms with E-state index in [0.717, 1.165) is 14.3 Å². The van der Waals surface area contributed by atoms with Crippen LogP contribution in [-0.4, -0.2) is 4.98 Å². The first-order valence-electron chi connectivity index (χ1n) is 3.47. The van der Waals surface area contributed by atoms with Crippen LogP contribution in [-0.2, 0) is 0 Å². The van der Waals surface area contributed by atoms with Crippen LogP contribution in [0.15, 0.2) is 39.5 Å². The van der Waals surface area contributed by atoms with E-state index in [2.05, 4.69) is 42.9 Å². The molecular weight excluding hydrogens is 282 g/mol. The maximum Gasteiger partial charge on any atom is 0.0437 e. The lowest BCUT2D eigenvalue weighted by Crippen LogP contribution is -1.78. The van der Waals surface area contributed by atoms with Crippen molar-refractivity contribution in [1.82, 2.24) is 4.98 Å². The Labute approximate surface area is 87.1 Å². The van der Waals surface area contributed by atoms with Crippen LogP contribution in [0.25, 0.3) is 10.8 Å². The average Bonchev–Trinajstić information content (AvgIpc) is 2.07. The van der Waals surface area contributed by atoms with Crippen LogP contribution in [0, 0.1) is 0 Å². The van der Waals surface area contributed by atoms with E-state index in [-0.39, 0.29) is 0 Å². The molecule has 0 aliphatic carbocycles. The van der Waals surface area contributed by atoms with Crippen LogP contribution in [0.1, 0.15) is 0 Å². The lowest BCUT2D eigenvalue weighted by Gasteiger charge is -2.00. The smallest absolute Gasteiger partial charge is 0.0437 e. The molecule has 1 aromatic carbocycles. The standard InChI is InChI=1S/C9H5Br2N/c10-8-3-1-2-6-7(8)4-12-5-9(6)11/h1-5H. The van der Waals surface area contributed by atoms with E-state index in [0.29, 0.717) is 0 Å². The monoisotopic (exact) mass is 285 g/mol. The number of benzene rings is 1. The molecule has 12 heavy (non-hydrogen) atoms. The van der Waals surface area contributed by atoms with Crippen LogP contribution in [0.2, 0.25) is 0 Å². The summed E-state index contributed by atoms with van der Waals surface area (Å²) < 4.78 is 2.11. The number of fused-ring (bicyclic) bond motifs is 1. The van der Waals surface area contributed by atoms with Crippen molar-refractivity contribution in [3.8, 4) is 0 Å². The third kappa shape index (κ3) is 1.27. The molecule has 1 nitrogen and oxygen atoms in total. The Morgan fingerprint density at radius 2 is 1.75 bits per heavy atom. The number of pyridine rings is 1. The molecule has 0 atom stereocenters. The van der Waals surface area contributed by atoms with Gasteiger partial charge in [-0.25, -0.2) is 0 Å². The van der Waals surface area contributed by atoms with Gasteiger partial charge in [0.15, 0.2) is 0 Å². The van der Waals surface area contributed by atoms with Crippen molar-refractivity contribution in [3.05, 3.63) is 39.5 Å². The minimum Gasteiger partial charge on any atom is -0.263 e. The number of halogens is 2. The molecule has 2 aromatic rings. The molecule has 3 heteroatoms. The van der Waals surface area contributed by atoms with Crippen molar-refractivity contribution in [1.29, 1.82) is 0 Å². The fourth-order valence-electron chi connectivity index (χ4n) is 1.12. The molecule has 0 amide bonds. The van der Waals surface area contributed by atoms with Gasteiger partial charge < -0.3 is 0 Å². The molecule has 2 rings (SSSR count). The Morgan fingerprint density at radius 1 is 0.917 bits per heavy atom. The summed E-state index contributed by atoms with van der Waals surface area (Å²) in [7, 11) is 0. The van der Waals surface area contributed by atoms with Crippen LogP contribution < -0.4 is 0 Å². The molecule has 0 saturated heterocycles. The second-order valence-corrected chi connectivity index (χ2v) is 4.16. The van der Waals surface area contributed by atoms with Gasteiger partial charge in [0.25, 0.3) is 0 Å². The normalized spacial score (nSPS) is 10.5. The largest absolute Gasteiger partial charge is 0.263 e. The van der Waals surface area contributed by atoms with E-state index in [1.165, 1.54) is 5.39 Å². The predicted octanol–water partition coefficient (Wildman–Crippen LogP) is 3.76. The van der Waals surface area contributed by atoms with E-state index >= 15 is 0 Å². The number of rotatable bonds is 0. The quantitative estimate of drug-likeness (QED) is 0.719. The van der Waals surface area contributed by atoms with E-state index < -0.39 is 0 Å². The maximum absolute atomic E-state index is 4.10. The van der Waals surface area contributed by atoms with Crippen molar-refractivity contribution in [2.75, 3.05) is 0 Å². The Kier molecular flexibility index (Phi) is 2.15. The molecule has 0 fully saturated rings. The first kappa shape index (κ1) is 8.20. The summed E-state index contributed by atoms with van der Waals surface area (Å²) in [5, 5.41) is 2.31. The highest BCUT2D eigenvalue weighted by atomic mass is 79.9. The lowest BCUT2D eigenvalue weighted by molar-refractivity contribution is 1.34. The van der Waals surface area contributed by atoms with Crippen molar-refractivity contribution in [2.24, 2.45) is 0 Å². The van der Waals surface area contributed by atoms with Gasteiger partial charge in [-0.15, -0.1) is 0 Å². The zero-order valence-corrected chi connectivity index (χ0v) is 9.26. The summed E-state index contributed by atoms with van der Waals surface area (Å²) in [5.41, 5.74) is 0. The molecule has 60 valence electrons. The predicted molar refractivity (Wildman–Crippen MR) is 57.1 cm³/mol. The molecule has 0 radical (unpaired) electrons. The molecule has 0 aliphatic rings. The van der Waals surface area contributed by atoms with Crippen LogP contribution in [0.4, 0.5) is 0 Å². The van der Waals surface area contributed by atoms with Crippen molar-refractivity contribution < 1.29 is 0 Å². The van der Waals surface area contributed by atoms with Gasteiger partial charge in [0.1, 0.15) is 0 Å². The summed E-state index contributed by atoms with van der Waals surface area (Å²) in [4.78, 5) is 4.10. The van der Waals surface area contributed by atoms with Crippen LogP contribution in [0.3, 0.4) is 0 Å². The lowest BCUT2D eigenvalue weighted by atomic mass is 10.2. The van der Waals surface area contributed by atoms with Gasteiger partial charge in [-0.2, -0.15) is 0 Å². The van der Waals surface area contributed by atoms with Crippen molar-refractivity contribution in [3.63, 3.8) is 0 Å². The molecule has 0 bridgehead atoms. The summed E-state index contributed by atoms with van der Waals surface area (Å²) >= 11 is 6.92. The fourth-order valence-corrected chi connectivity index (χ4v) is 2.06. The van der Waals surface area contributed by atoms with Crippen LogP contribution >= 0.6 is 31.9 Å². The van der Waals surface area contributed by atoms with Gasteiger partial charge in [-0.3, -0.25) is 4.98 Å². The first-order valence-corrected chi connectivity index (χ1v) is 5.05. The van der Waals surface area contributed by atoms with Crippen molar-refractivity contribution in [2.45, 2.75) is 0 Å². The molecule has 0 saturated carbocycles. The number of hydrogen-bond acceptors (Lipinski definition) is 1. The number of nitrogens with zero attached hydrogens (tertiary/aromatic N) is 1. The minimum absolute atomic E-state index is 1.03. The fraction of sp³-hybridized carbons (Fsp3) is 0. The van der Waals surface area contributed by atoms with Crippen molar-refractivity contribution >= 4 is 42.6 Å². The number of aromatic nitrogens is 1. The SMILES string of the molecule is Brc1cncc2c(Br)cccc12. The van der Waals surface area contributed by atoms with Gasteiger partial charge in [0, 0.05) is 32.1 Å². The van der Waals surface area contributed by atoms with Crippen LogP contribution in [0.5, 0.6) is 0 Å². The molecule has 1 aromatic heterocycles. The maximum atomic E-state index is 4.10. The first-order chi connectivity index (χ1) is 5.79. The van der Waals surface area contributed by atoms with Gasteiger partial charge in [-0.05, 0) is 22.0 Å². The Bertz CT molecular complexity index is 385. The topological polar surface area (TPSA) is 12.9 Å². The molecule has 1 heterocycles. The second-order valence-electron chi connectivity index (χ2n) is 2.46. The summed E-state index contributed by atoms with van der Waals surface area (Å²) in [6.07, 6.45) is 3.65. The third-order valence-corrected chi connectivity index (χ3v) is 3.03. The Balaban J connectivity index is 2.94. The highest BCUT2D eigenvalue weighted by Crippen LogP contribution is 2.27. The average molecular weight is 287 g/mol. The molecule has 0 spiro atoms. The minimum atomic E-state index is 1.03. The molecule has 0 unspecified atom stereocenters. The molecule has 0 N–H and O–H groups in total. The van der Waals surface area contributed by atoms with Gasteiger partial charge in [-0.1, -0.05) is 28.1 Å². The Hall–Kier alpha value is -0.410. The summed E-state index contributed by atoms with van der Waals surface area (Å²) in [6.45, 7) is 0. The third-order valence-electron chi connectivity index (χ3n) is 1.70. The zero-order chi connectivity index (χ0) is 8.55. The van der Waals surface area contributed by atoms with E-state index in [1.807, 2.05) is 18.3 Å². The van der Waals surface area contributed by atoms with E-state index in [4.69, 9.17) is 0 Å². The van der Waals surface area contributed by atoms with Gasteiger partial charge >= 0.3 is 0 Å². The van der Waals surface area contributed by atoms with E-state index in [9.17, 15) is 0 Å². The molecular formula is C9H5Br2N. The Morgan fingerprint density at radius 3 is 2.50 bits per heavy atom. The van der Waals surface area contributed by atoms with Gasteiger partial charge in [0.2, 0.25) is 0 Å². The zero-order valence-electron chi connectivity index (χ0n) is 6.09.